The second-order valence-corrected chi connectivity index (χ2v) is 2.95. The van der Waals surface area contributed by atoms with Crippen molar-refractivity contribution >= 4 is 17.5 Å². The highest BCUT2D eigenvalue weighted by molar-refractivity contribution is 6.47. The van der Waals surface area contributed by atoms with E-state index < -0.39 is 17.5 Å². The molecule has 0 saturated heterocycles. The summed E-state index contributed by atoms with van der Waals surface area (Å²) in [6.07, 6.45) is 4.48. The molecule has 84 valence electrons. The van der Waals surface area contributed by atoms with Crippen molar-refractivity contribution in [2.45, 2.75) is 0 Å². The number of hydrogen-bond acceptors (Lipinski definition) is 5. The van der Waals surface area contributed by atoms with Crippen molar-refractivity contribution in [3.63, 3.8) is 0 Å². The molecule has 0 aliphatic rings. The molecule has 16 heavy (non-hydrogen) atoms. The molecule has 0 N–H and O–H groups in total. The van der Waals surface area contributed by atoms with E-state index in [0.29, 0.717) is 0 Å². The molecule has 0 unspecified atom stereocenters. The van der Waals surface area contributed by atoms with Crippen LogP contribution in [0.3, 0.4) is 0 Å². The number of aromatic nitrogens is 2. The molecule has 0 saturated carbocycles. The molecule has 0 spiro atoms. The summed E-state index contributed by atoms with van der Waals surface area (Å²) in [5, 5.41) is 3.76. The maximum Gasteiger partial charge on any atom is 0.330 e. The monoisotopic (exact) mass is 222 g/mol. The number of hydrogen-bond donors (Lipinski definition) is 0. The average molecular weight is 222 g/mol. The molecule has 0 bridgehead atoms. The van der Waals surface area contributed by atoms with E-state index in [0.717, 1.165) is 12.2 Å². The Bertz CT molecular complexity index is 459. The van der Waals surface area contributed by atoms with Gasteiger partial charge in [0.15, 0.2) is 0 Å². The first-order valence-corrected chi connectivity index (χ1v) is 4.38. The molecule has 1 aromatic heterocycles. The van der Waals surface area contributed by atoms with Crippen LogP contribution in [0.25, 0.3) is 0 Å². The largest absolute Gasteiger partial charge is 0.466 e. The first-order chi connectivity index (χ1) is 7.54. The van der Waals surface area contributed by atoms with Gasteiger partial charge in [-0.1, -0.05) is 0 Å². The van der Waals surface area contributed by atoms with E-state index >= 15 is 0 Å². The Morgan fingerprint density at radius 3 is 2.56 bits per heavy atom. The van der Waals surface area contributed by atoms with Crippen molar-refractivity contribution in [3.05, 3.63) is 30.1 Å². The van der Waals surface area contributed by atoms with Crippen molar-refractivity contribution in [3.8, 4) is 0 Å². The molecular weight excluding hydrogens is 212 g/mol. The minimum Gasteiger partial charge on any atom is -0.466 e. The zero-order valence-electron chi connectivity index (χ0n) is 8.84. The number of ketones is 2. The predicted molar refractivity (Wildman–Crippen MR) is 53.7 cm³/mol. The summed E-state index contributed by atoms with van der Waals surface area (Å²) in [4.78, 5) is 33.4. The molecule has 1 heterocycles. The number of nitrogens with zero attached hydrogens (tertiary/aromatic N) is 2. The molecular formula is C10H10N2O4. The van der Waals surface area contributed by atoms with Gasteiger partial charge < -0.3 is 4.74 Å². The van der Waals surface area contributed by atoms with Crippen LogP contribution in [0, 0.1) is 0 Å². The third kappa shape index (κ3) is 2.88. The number of allylic oxidation sites excluding steroid dienone is 1. The van der Waals surface area contributed by atoms with Crippen molar-refractivity contribution in [2.75, 3.05) is 7.11 Å². The minimum atomic E-state index is -0.793. The summed E-state index contributed by atoms with van der Waals surface area (Å²) < 4.78 is 5.69. The predicted octanol–water partition coefficient (Wildman–Crippen LogP) is -0.0989. The summed E-state index contributed by atoms with van der Waals surface area (Å²) in [5.74, 6) is -2.20. The van der Waals surface area contributed by atoms with Crippen molar-refractivity contribution in [2.24, 2.45) is 7.05 Å². The van der Waals surface area contributed by atoms with Gasteiger partial charge in [0.1, 0.15) is 0 Å². The minimum absolute atomic E-state index is 0.182. The van der Waals surface area contributed by atoms with Crippen LogP contribution in [-0.4, -0.2) is 34.4 Å². The van der Waals surface area contributed by atoms with Crippen LogP contribution >= 0.6 is 0 Å². The standard InChI is InChI=1S/C10H10N2O4/c1-12-6-7(5-11-12)10(15)8(13)3-4-9(14)16-2/h3-6H,1-2H3/b4-3+. The maximum atomic E-state index is 11.5. The van der Waals surface area contributed by atoms with E-state index in [1.807, 2.05) is 0 Å². The van der Waals surface area contributed by atoms with Crippen LogP contribution in [0.1, 0.15) is 10.4 Å². The highest BCUT2D eigenvalue weighted by Crippen LogP contribution is 1.99. The SMILES string of the molecule is COC(=O)/C=C/C(=O)C(=O)c1cnn(C)c1. The quantitative estimate of drug-likeness (QED) is 0.307. The van der Waals surface area contributed by atoms with Crippen molar-refractivity contribution in [1.29, 1.82) is 0 Å². The van der Waals surface area contributed by atoms with E-state index in [9.17, 15) is 14.4 Å². The summed E-state index contributed by atoms with van der Waals surface area (Å²) in [7, 11) is 2.81. The molecule has 1 aromatic rings. The third-order valence-corrected chi connectivity index (χ3v) is 1.76. The van der Waals surface area contributed by atoms with Crippen LogP contribution in [-0.2, 0) is 21.4 Å². The lowest BCUT2D eigenvalue weighted by Gasteiger charge is -1.91. The fraction of sp³-hybridized carbons (Fsp3) is 0.200. The van der Waals surface area contributed by atoms with Crippen LogP contribution < -0.4 is 0 Å². The van der Waals surface area contributed by atoms with E-state index in [2.05, 4.69) is 9.84 Å². The van der Waals surface area contributed by atoms with Crippen LogP contribution in [0.2, 0.25) is 0 Å². The summed E-state index contributed by atoms with van der Waals surface area (Å²) in [5.41, 5.74) is 0.182. The van der Waals surface area contributed by atoms with Crippen LogP contribution in [0.5, 0.6) is 0 Å². The number of carbonyl (C=O) groups is 3. The zero-order chi connectivity index (χ0) is 12.1. The normalized spacial score (nSPS) is 10.4. The molecule has 0 amide bonds. The smallest absolute Gasteiger partial charge is 0.330 e. The molecule has 0 aliphatic heterocycles. The number of ether oxygens (including phenoxy) is 1. The van der Waals surface area contributed by atoms with E-state index in [-0.39, 0.29) is 5.56 Å². The van der Waals surface area contributed by atoms with Crippen molar-refractivity contribution in [1.82, 2.24) is 9.78 Å². The number of methoxy groups -OCH3 is 1. The van der Waals surface area contributed by atoms with E-state index in [4.69, 9.17) is 0 Å². The van der Waals surface area contributed by atoms with Gasteiger partial charge in [0.05, 0.1) is 18.9 Å². The Morgan fingerprint density at radius 2 is 2.06 bits per heavy atom. The van der Waals surface area contributed by atoms with Gasteiger partial charge in [0, 0.05) is 19.3 Å². The lowest BCUT2D eigenvalue weighted by molar-refractivity contribution is -0.135. The Kier molecular flexibility index (Phi) is 3.71. The average Bonchev–Trinajstić information content (AvgIpc) is 2.71. The van der Waals surface area contributed by atoms with Crippen LogP contribution in [0.4, 0.5) is 0 Å². The van der Waals surface area contributed by atoms with Gasteiger partial charge in [0.2, 0.25) is 11.6 Å². The second-order valence-electron chi connectivity index (χ2n) is 2.95. The van der Waals surface area contributed by atoms with Crippen LogP contribution in [0.15, 0.2) is 24.5 Å². The Hall–Kier alpha value is -2.24. The van der Waals surface area contributed by atoms with Crippen molar-refractivity contribution < 1.29 is 19.1 Å². The van der Waals surface area contributed by atoms with Gasteiger partial charge in [-0.2, -0.15) is 5.10 Å². The maximum absolute atomic E-state index is 11.5. The zero-order valence-corrected chi connectivity index (χ0v) is 8.84. The molecule has 0 aliphatic carbocycles. The van der Waals surface area contributed by atoms with Gasteiger partial charge in [0.25, 0.3) is 0 Å². The number of esters is 1. The topological polar surface area (TPSA) is 78.3 Å². The Labute approximate surface area is 91.5 Å². The Morgan fingerprint density at radius 1 is 1.38 bits per heavy atom. The summed E-state index contributed by atoms with van der Waals surface area (Å²) >= 11 is 0. The summed E-state index contributed by atoms with van der Waals surface area (Å²) in [6, 6.07) is 0. The number of Topliss-reactive ketones (excluding diaryl/α,β-unsaturated/α-hetero) is 1. The molecule has 0 fully saturated rings. The number of carbonyl (C=O) groups excluding carboxylic acids is 3. The highest BCUT2D eigenvalue weighted by atomic mass is 16.5. The molecule has 6 nitrogen and oxygen atoms in total. The third-order valence-electron chi connectivity index (χ3n) is 1.76. The molecule has 0 atom stereocenters. The fourth-order valence-electron chi connectivity index (χ4n) is 0.968. The van der Waals surface area contributed by atoms with Gasteiger partial charge >= 0.3 is 5.97 Å². The highest BCUT2D eigenvalue weighted by Gasteiger charge is 2.15. The number of aryl methyl sites for hydroxylation is 1. The van der Waals surface area contributed by atoms with Gasteiger partial charge in [-0.3, -0.25) is 14.3 Å². The number of rotatable bonds is 4. The molecule has 6 heteroatoms. The first kappa shape index (κ1) is 11.8. The van der Waals surface area contributed by atoms with Gasteiger partial charge in [-0.05, 0) is 6.08 Å². The molecule has 0 aromatic carbocycles. The summed E-state index contributed by atoms with van der Waals surface area (Å²) in [6.45, 7) is 0. The van der Waals surface area contributed by atoms with E-state index in [1.54, 1.807) is 7.05 Å². The Balaban J connectivity index is 2.72. The lowest BCUT2D eigenvalue weighted by Crippen LogP contribution is -2.11. The molecule has 0 radical (unpaired) electrons. The molecule has 1 rings (SSSR count). The van der Waals surface area contributed by atoms with Gasteiger partial charge in [-0.25, -0.2) is 4.79 Å². The van der Waals surface area contributed by atoms with E-state index in [1.165, 1.54) is 24.2 Å². The second kappa shape index (κ2) is 5.01. The van der Waals surface area contributed by atoms with Gasteiger partial charge in [-0.15, -0.1) is 0 Å². The fourth-order valence-corrected chi connectivity index (χ4v) is 0.968. The first-order valence-electron chi connectivity index (χ1n) is 4.38. The lowest BCUT2D eigenvalue weighted by atomic mass is 10.1.